The number of nitrogens with zero attached hydrogens (tertiary/aromatic N) is 2. The monoisotopic (exact) mass is 369 g/mol. The Balaban J connectivity index is 1.61. The van der Waals surface area contributed by atoms with Crippen molar-refractivity contribution in [3.63, 3.8) is 0 Å². The number of hydrogen-bond donors (Lipinski definition) is 3. The van der Waals surface area contributed by atoms with Gasteiger partial charge in [-0.3, -0.25) is 0 Å². The van der Waals surface area contributed by atoms with E-state index < -0.39 is 0 Å². The number of nitrogens with one attached hydrogen (secondary N) is 3. The van der Waals surface area contributed by atoms with Crippen LogP contribution in [0.1, 0.15) is 46.1 Å². The van der Waals surface area contributed by atoms with Crippen LogP contribution in [0.15, 0.2) is 36.5 Å². The second kappa shape index (κ2) is 7.72. The average molecular weight is 370 g/mol. The summed E-state index contributed by atoms with van der Waals surface area (Å²) in [4.78, 5) is 9.04. The fraction of sp³-hybridized carbons (Fsp3) is 0.524. The summed E-state index contributed by atoms with van der Waals surface area (Å²) in [5.74, 6) is 2.35. The quantitative estimate of drug-likeness (QED) is 0.719. The summed E-state index contributed by atoms with van der Waals surface area (Å²) in [5.41, 5.74) is 1.35. The minimum absolute atomic E-state index is 0.0869. The fourth-order valence-electron chi connectivity index (χ4n) is 4.07. The van der Waals surface area contributed by atoms with Gasteiger partial charge in [0.05, 0.1) is 7.11 Å². The zero-order valence-electron chi connectivity index (χ0n) is 17.0. The highest BCUT2D eigenvalue weighted by atomic mass is 16.5. The number of methoxy groups -OCH3 is 1. The number of hydrogen-bond acceptors (Lipinski definition) is 6. The summed E-state index contributed by atoms with van der Waals surface area (Å²) in [7, 11) is 1.67. The van der Waals surface area contributed by atoms with Gasteiger partial charge in [-0.2, -0.15) is 4.98 Å². The Labute approximate surface area is 162 Å². The molecular weight excluding hydrogens is 338 g/mol. The molecule has 0 saturated carbocycles. The Morgan fingerprint density at radius 3 is 2.37 bits per heavy atom. The van der Waals surface area contributed by atoms with E-state index in [2.05, 4.69) is 53.6 Å². The lowest BCUT2D eigenvalue weighted by atomic mass is 9.80. The van der Waals surface area contributed by atoms with Crippen LogP contribution in [0.5, 0.6) is 5.75 Å². The molecule has 2 aromatic rings. The van der Waals surface area contributed by atoms with Gasteiger partial charge in [0, 0.05) is 29.9 Å². The van der Waals surface area contributed by atoms with Crippen molar-refractivity contribution in [1.82, 2.24) is 15.3 Å². The van der Waals surface area contributed by atoms with E-state index in [4.69, 9.17) is 4.74 Å². The van der Waals surface area contributed by atoms with Crippen LogP contribution in [0.4, 0.5) is 11.8 Å². The van der Waals surface area contributed by atoms with Crippen molar-refractivity contribution in [2.24, 2.45) is 0 Å². The normalized spacial score (nSPS) is 18.7. The lowest BCUT2D eigenvalue weighted by Gasteiger charge is -2.46. The van der Waals surface area contributed by atoms with E-state index in [1.54, 1.807) is 13.3 Å². The number of benzene rings is 1. The Morgan fingerprint density at radius 1 is 1.07 bits per heavy atom. The molecule has 0 aliphatic carbocycles. The first-order valence-corrected chi connectivity index (χ1v) is 9.50. The summed E-state index contributed by atoms with van der Waals surface area (Å²) in [6.07, 6.45) is 3.86. The molecule has 27 heavy (non-hydrogen) atoms. The molecule has 0 amide bonds. The van der Waals surface area contributed by atoms with Crippen LogP contribution in [0.2, 0.25) is 0 Å². The maximum absolute atomic E-state index is 5.20. The van der Waals surface area contributed by atoms with Gasteiger partial charge in [0.2, 0.25) is 5.95 Å². The Hall–Kier alpha value is -2.34. The Morgan fingerprint density at radius 2 is 1.74 bits per heavy atom. The minimum atomic E-state index is 0.0869. The third-order valence-corrected chi connectivity index (χ3v) is 4.81. The smallest absolute Gasteiger partial charge is 0.224 e. The number of anilines is 2. The molecule has 0 bridgehead atoms. The van der Waals surface area contributed by atoms with Crippen molar-refractivity contribution in [1.29, 1.82) is 0 Å². The number of rotatable bonds is 6. The van der Waals surface area contributed by atoms with Crippen molar-refractivity contribution >= 4 is 11.8 Å². The molecule has 2 heterocycles. The summed E-state index contributed by atoms with van der Waals surface area (Å²) >= 11 is 0. The van der Waals surface area contributed by atoms with E-state index in [1.165, 1.54) is 5.56 Å². The van der Waals surface area contributed by atoms with Crippen LogP contribution >= 0.6 is 0 Å². The van der Waals surface area contributed by atoms with Crippen LogP contribution in [-0.4, -0.2) is 34.2 Å². The van der Waals surface area contributed by atoms with Gasteiger partial charge in [0.25, 0.3) is 0 Å². The first-order chi connectivity index (χ1) is 12.7. The summed E-state index contributed by atoms with van der Waals surface area (Å²) in [5, 5.41) is 10.6. The van der Waals surface area contributed by atoms with Crippen molar-refractivity contribution in [3.8, 4) is 5.75 Å². The average Bonchev–Trinajstić information content (AvgIpc) is 2.58. The van der Waals surface area contributed by atoms with Crippen molar-refractivity contribution < 1.29 is 4.74 Å². The zero-order chi connectivity index (χ0) is 19.5. The zero-order valence-corrected chi connectivity index (χ0v) is 17.0. The highest BCUT2D eigenvalue weighted by Gasteiger charge is 2.37. The molecule has 1 saturated heterocycles. The highest BCUT2D eigenvalue weighted by molar-refractivity contribution is 5.41. The van der Waals surface area contributed by atoms with E-state index in [1.807, 2.05) is 30.3 Å². The van der Waals surface area contributed by atoms with Gasteiger partial charge in [-0.25, -0.2) is 4.98 Å². The molecule has 1 aliphatic heterocycles. The lowest BCUT2D eigenvalue weighted by Crippen LogP contribution is -2.60. The van der Waals surface area contributed by atoms with Crippen LogP contribution in [0.25, 0.3) is 0 Å². The Bertz CT molecular complexity index is 741. The molecule has 0 spiro atoms. The molecule has 3 N–H and O–H groups in total. The molecular formula is C21H31N5O. The number of piperidine rings is 1. The molecule has 1 aromatic heterocycles. The second-order valence-corrected chi connectivity index (χ2v) is 8.61. The van der Waals surface area contributed by atoms with Crippen LogP contribution in [0.3, 0.4) is 0 Å². The molecule has 0 unspecified atom stereocenters. The molecule has 6 heteroatoms. The van der Waals surface area contributed by atoms with Crippen molar-refractivity contribution in [2.75, 3.05) is 17.7 Å². The van der Waals surface area contributed by atoms with E-state index in [0.717, 1.165) is 24.4 Å². The van der Waals surface area contributed by atoms with Crippen molar-refractivity contribution in [3.05, 3.63) is 42.1 Å². The van der Waals surface area contributed by atoms with Crippen LogP contribution in [0, 0.1) is 0 Å². The van der Waals surface area contributed by atoms with Gasteiger partial charge >= 0.3 is 0 Å². The van der Waals surface area contributed by atoms with Gasteiger partial charge in [-0.1, -0.05) is 12.1 Å². The van der Waals surface area contributed by atoms with E-state index in [-0.39, 0.29) is 11.1 Å². The van der Waals surface area contributed by atoms with Crippen LogP contribution < -0.4 is 20.7 Å². The number of ether oxygens (including phenoxy) is 1. The number of aromatic nitrogens is 2. The topological polar surface area (TPSA) is 71.1 Å². The van der Waals surface area contributed by atoms with Gasteiger partial charge in [-0.05, 0) is 64.3 Å². The summed E-state index contributed by atoms with van der Waals surface area (Å²) < 4.78 is 5.20. The molecule has 0 radical (unpaired) electrons. The maximum atomic E-state index is 5.20. The minimum Gasteiger partial charge on any atom is -0.497 e. The van der Waals surface area contributed by atoms with Gasteiger partial charge in [-0.15, -0.1) is 0 Å². The fourth-order valence-corrected chi connectivity index (χ4v) is 4.07. The van der Waals surface area contributed by atoms with Gasteiger partial charge in [0.1, 0.15) is 11.6 Å². The highest BCUT2D eigenvalue weighted by Crippen LogP contribution is 2.30. The van der Waals surface area contributed by atoms with E-state index in [9.17, 15) is 0 Å². The predicted molar refractivity (Wildman–Crippen MR) is 110 cm³/mol. The molecule has 1 aliphatic rings. The van der Waals surface area contributed by atoms with Crippen LogP contribution in [-0.2, 0) is 6.54 Å². The Kier molecular flexibility index (Phi) is 5.56. The lowest BCUT2D eigenvalue weighted by molar-refractivity contribution is 0.170. The molecule has 1 aromatic carbocycles. The van der Waals surface area contributed by atoms with E-state index >= 15 is 0 Å². The van der Waals surface area contributed by atoms with Gasteiger partial charge < -0.3 is 20.7 Å². The molecule has 0 atom stereocenters. The molecule has 3 rings (SSSR count). The SMILES string of the molecule is COc1ccc(CNc2ccnc(NC3CC(C)(C)NC(C)(C)C3)n2)cc1. The molecule has 146 valence electrons. The maximum Gasteiger partial charge on any atom is 0.224 e. The standard InChI is InChI=1S/C21H31N5O/c1-20(2)12-16(13-21(3,4)26-20)24-19-22-11-10-18(25-19)23-14-15-6-8-17(27-5)9-7-15/h6-11,16,26H,12-14H2,1-5H3,(H2,22,23,24,25). The molecule has 6 nitrogen and oxygen atoms in total. The third kappa shape index (κ3) is 5.57. The first-order valence-electron chi connectivity index (χ1n) is 9.50. The first kappa shape index (κ1) is 19.4. The summed E-state index contributed by atoms with van der Waals surface area (Å²) in [6, 6.07) is 10.3. The third-order valence-electron chi connectivity index (χ3n) is 4.81. The summed E-state index contributed by atoms with van der Waals surface area (Å²) in [6.45, 7) is 9.69. The van der Waals surface area contributed by atoms with Crippen molar-refractivity contribution in [2.45, 2.75) is 64.2 Å². The van der Waals surface area contributed by atoms with Gasteiger partial charge in [0.15, 0.2) is 0 Å². The predicted octanol–water partition coefficient (Wildman–Crippen LogP) is 3.82. The second-order valence-electron chi connectivity index (χ2n) is 8.61. The molecule has 1 fully saturated rings. The largest absolute Gasteiger partial charge is 0.497 e. The van der Waals surface area contributed by atoms with E-state index in [0.29, 0.717) is 18.5 Å².